The summed E-state index contributed by atoms with van der Waals surface area (Å²) >= 11 is 0. The zero-order valence-corrected chi connectivity index (χ0v) is 24.5. The molecule has 0 spiro atoms. The third kappa shape index (κ3) is 6.64. The fourth-order valence-electron chi connectivity index (χ4n) is 5.84. The number of anilines is 1. The minimum atomic E-state index is 0.117. The van der Waals surface area contributed by atoms with Crippen LogP contribution >= 0.6 is 0 Å². The maximum Gasteiger partial charge on any atom is 0.224 e. The largest absolute Gasteiger partial charge is 0.326 e. The molecule has 0 saturated carbocycles. The lowest BCUT2D eigenvalue weighted by Gasteiger charge is -2.25. The van der Waals surface area contributed by atoms with Crippen molar-refractivity contribution in [1.29, 1.82) is 0 Å². The summed E-state index contributed by atoms with van der Waals surface area (Å²) in [7, 11) is 0. The monoisotopic (exact) mass is 536 g/mol. The number of imidazole rings is 1. The molecule has 0 radical (unpaired) electrons. The van der Waals surface area contributed by atoms with Crippen LogP contribution in [0.3, 0.4) is 0 Å². The van der Waals surface area contributed by atoms with Crippen molar-refractivity contribution >= 4 is 17.2 Å². The van der Waals surface area contributed by atoms with Gasteiger partial charge in [-0.15, -0.1) is 0 Å². The molecule has 2 heterocycles. The van der Waals surface area contributed by atoms with Crippen LogP contribution in [0.25, 0.3) is 16.8 Å². The first-order valence-electron chi connectivity index (χ1n) is 15.2. The number of hydrogen-bond donors (Lipinski definition) is 1. The molecule has 1 aromatic heterocycles. The van der Waals surface area contributed by atoms with Crippen LogP contribution in [0.4, 0.5) is 5.69 Å². The average Bonchev–Trinajstić information content (AvgIpc) is 3.33. The van der Waals surface area contributed by atoms with Gasteiger partial charge in [0.05, 0.1) is 11.4 Å². The van der Waals surface area contributed by atoms with Crippen molar-refractivity contribution in [3.05, 3.63) is 89.4 Å². The summed E-state index contributed by atoms with van der Waals surface area (Å²) in [5.74, 6) is 1.74. The number of aromatic nitrogens is 2. The lowest BCUT2D eigenvalue weighted by molar-refractivity contribution is -0.116. The number of amides is 1. The summed E-state index contributed by atoms with van der Waals surface area (Å²) in [6, 6.07) is 17.3. The van der Waals surface area contributed by atoms with Gasteiger partial charge in [-0.25, -0.2) is 4.98 Å². The van der Waals surface area contributed by atoms with Gasteiger partial charge >= 0.3 is 0 Å². The molecule has 1 N–H and O–H groups in total. The number of nitrogens with one attached hydrogen (secondary N) is 1. The van der Waals surface area contributed by atoms with E-state index in [0.29, 0.717) is 12.3 Å². The van der Waals surface area contributed by atoms with E-state index < -0.39 is 0 Å². The topological polar surface area (TPSA) is 50.2 Å². The first-order valence-corrected chi connectivity index (χ1v) is 15.2. The number of aryl methyl sites for hydroxylation is 1. The molecular formula is C35H44N4O. The van der Waals surface area contributed by atoms with Gasteiger partial charge in [0.25, 0.3) is 0 Å². The van der Waals surface area contributed by atoms with E-state index in [1.165, 1.54) is 28.0 Å². The van der Waals surface area contributed by atoms with E-state index >= 15 is 0 Å². The second-order valence-corrected chi connectivity index (χ2v) is 11.4. The van der Waals surface area contributed by atoms with Crippen LogP contribution in [0, 0.1) is 5.92 Å². The van der Waals surface area contributed by atoms with Crippen LogP contribution in [0.2, 0.25) is 0 Å². The van der Waals surface area contributed by atoms with Crippen molar-refractivity contribution < 1.29 is 4.79 Å². The van der Waals surface area contributed by atoms with Crippen molar-refractivity contribution in [3.63, 3.8) is 0 Å². The van der Waals surface area contributed by atoms with E-state index in [-0.39, 0.29) is 5.91 Å². The molecule has 5 rings (SSSR count). The van der Waals surface area contributed by atoms with E-state index in [2.05, 4.69) is 102 Å². The van der Waals surface area contributed by atoms with Gasteiger partial charge in [-0.2, -0.15) is 0 Å². The number of rotatable bonds is 12. The fraction of sp³-hybridized carbons (Fsp3) is 0.429. The van der Waals surface area contributed by atoms with Crippen LogP contribution in [0.5, 0.6) is 0 Å². The molecule has 210 valence electrons. The Morgan fingerprint density at radius 3 is 2.62 bits per heavy atom. The normalized spacial score (nSPS) is 16.6. The average molecular weight is 537 g/mol. The van der Waals surface area contributed by atoms with E-state index in [9.17, 15) is 4.79 Å². The Balaban J connectivity index is 1.53. The molecule has 2 aliphatic rings. The Hall–Kier alpha value is -3.44. The van der Waals surface area contributed by atoms with Gasteiger partial charge in [0.1, 0.15) is 5.82 Å². The lowest BCUT2D eigenvalue weighted by Crippen LogP contribution is -2.26. The third-order valence-electron chi connectivity index (χ3n) is 8.06. The van der Waals surface area contributed by atoms with Gasteiger partial charge in [-0.1, -0.05) is 94.3 Å². The predicted molar refractivity (Wildman–Crippen MR) is 166 cm³/mol. The highest BCUT2D eigenvalue weighted by atomic mass is 16.1. The highest BCUT2D eigenvalue weighted by Crippen LogP contribution is 2.32. The van der Waals surface area contributed by atoms with Crippen LogP contribution in [0.15, 0.2) is 66.8 Å². The molecule has 1 unspecified atom stereocenters. The molecule has 5 heteroatoms. The van der Waals surface area contributed by atoms with Crippen molar-refractivity contribution in [2.75, 3.05) is 11.9 Å². The summed E-state index contributed by atoms with van der Waals surface area (Å²) in [5, 5.41) is 3.03. The van der Waals surface area contributed by atoms with Gasteiger partial charge in [0.15, 0.2) is 0 Å². The Kier molecular flexibility index (Phi) is 9.33. The SMILES string of the molecule is CCCCN(Cc1ccc2c(c1)CCC(=O)N2)Cc1c(-c2ccccc2)nc(C2=CC(C)CC=C2)n1CCCC. The predicted octanol–water partition coefficient (Wildman–Crippen LogP) is 8.02. The fourth-order valence-corrected chi connectivity index (χ4v) is 5.84. The molecule has 3 aromatic rings. The second-order valence-electron chi connectivity index (χ2n) is 11.4. The first-order chi connectivity index (χ1) is 19.6. The number of carbonyl (C=O) groups is 1. The van der Waals surface area contributed by atoms with Crippen LogP contribution < -0.4 is 5.32 Å². The second kappa shape index (κ2) is 13.3. The van der Waals surface area contributed by atoms with Gasteiger partial charge in [-0.05, 0) is 55.3 Å². The summed E-state index contributed by atoms with van der Waals surface area (Å²) in [6.45, 7) is 10.6. The molecule has 5 nitrogen and oxygen atoms in total. The maximum atomic E-state index is 11.9. The molecule has 1 amide bonds. The molecule has 1 aliphatic carbocycles. The number of unbranched alkanes of at least 4 members (excludes halogenated alkanes) is 2. The summed E-state index contributed by atoms with van der Waals surface area (Å²) < 4.78 is 2.52. The minimum Gasteiger partial charge on any atom is -0.326 e. The van der Waals surface area contributed by atoms with Crippen molar-refractivity contribution in [3.8, 4) is 11.3 Å². The zero-order chi connectivity index (χ0) is 27.9. The Bertz CT molecular complexity index is 1370. The van der Waals surface area contributed by atoms with Gasteiger partial charge in [-0.3, -0.25) is 9.69 Å². The van der Waals surface area contributed by atoms with Crippen molar-refractivity contribution in [2.45, 2.75) is 85.4 Å². The van der Waals surface area contributed by atoms with E-state index in [0.717, 1.165) is 81.9 Å². The zero-order valence-electron chi connectivity index (χ0n) is 24.5. The smallest absolute Gasteiger partial charge is 0.224 e. The number of benzene rings is 2. The van der Waals surface area contributed by atoms with Gasteiger partial charge in [0.2, 0.25) is 5.91 Å². The molecular weight excluding hydrogens is 492 g/mol. The van der Waals surface area contributed by atoms with Crippen molar-refractivity contribution in [1.82, 2.24) is 14.5 Å². The Morgan fingerprint density at radius 2 is 1.85 bits per heavy atom. The number of hydrogen-bond acceptors (Lipinski definition) is 3. The van der Waals surface area contributed by atoms with Crippen LogP contribution in [-0.4, -0.2) is 26.9 Å². The lowest BCUT2D eigenvalue weighted by atomic mass is 9.97. The molecule has 0 saturated heterocycles. The highest BCUT2D eigenvalue weighted by Gasteiger charge is 2.23. The maximum absolute atomic E-state index is 11.9. The van der Waals surface area contributed by atoms with Crippen molar-refractivity contribution in [2.24, 2.45) is 5.92 Å². The summed E-state index contributed by atoms with van der Waals surface area (Å²) in [6.07, 6.45) is 14.0. The van der Waals surface area contributed by atoms with Crippen LogP contribution in [0.1, 0.15) is 81.9 Å². The highest BCUT2D eigenvalue weighted by molar-refractivity contribution is 5.93. The first kappa shape index (κ1) is 28.1. The number of carbonyl (C=O) groups excluding carboxylic acids is 1. The summed E-state index contributed by atoms with van der Waals surface area (Å²) in [5.41, 5.74) is 8.36. The van der Waals surface area contributed by atoms with E-state index in [1.807, 2.05) is 0 Å². The van der Waals surface area contributed by atoms with Gasteiger partial charge < -0.3 is 9.88 Å². The molecule has 1 aliphatic heterocycles. The van der Waals surface area contributed by atoms with E-state index in [4.69, 9.17) is 4.98 Å². The molecule has 0 fully saturated rings. The Morgan fingerprint density at radius 1 is 1.02 bits per heavy atom. The number of allylic oxidation sites excluding steroid dienone is 4. The summed E-state index contributed by atoms with van der Waals surface area (Å²) in [4.78, 5) is 19.8. The molecule has 2 aromatic carbocycles. The minimum absolute atomic E-state index is 0.117. The molecule has 40 heavy (non-hydrogen) atoms. The molecule has 1 atom stereocenters. The van der Waals surface area contributed by atoms with Gasteiger partial charge in [0, 0.05) is 42.9 Å². The number of nitrogens with zero attached hydrogens (tertiary/aromatic N) is 3. The number of fused-ring (bicyclic) bond motifs is 1. The third-order valence-corrected chi connectivity index (χ3v) is 8.06. The quantitative estimate of drug-likeness (QED) is 0.255. The van der Waals surface area contributed by atoms with E-state index in [1.54, 1.807) is 0 Å². The van der Waals surface area contributed by atoms with Crippen LogP contribution in [-0.2, 0) is 30.8 Å². The molecule has 0 bridgehead atoms. The Labute approximate surface area is 240 Å². The standard InChI is InChI=1S/C35H44N4O/c1-4-6-20-38(24-27-16-18-31-29(23-27)17-19-33(40)36-31)25-32-34(28-13-9-8-10-14-28)37-35(39(32)21-7-5-2)30-15-11-12-26(3)22-30/h8-11,13-16,18,22-23,26H,4-7,12,17,19-21,24-25H2,1-3H3,(H,36,40).